The third kappa shape index (κ3) is 7.97. The van der Waals surface area contributed by atoms with Crippen LogP contribution in [-0.2, 0) is 25.5 Å². The number of carbonyl (C=O) groups is 3. The van der Waals surface area contributed by atoms with Crippen LogP contribution in [0.2, 0.25) is 0 Å². The maximum Gasteiger partial charge on any atom is 0.407 e. The lowest BCUT2D eigenvalue weighted by molar-refractivity contribution is -0.159. The Hall–Kier alpha value is -4.13. The second-order valence-corrected chi connectivity index (χ2v) is 11.9. The van der Waals surface area contributed by atoms with Crippen LogP contribution in [0, 0.1) is 5.92 Å². The second kappa shape index (κ2) is 13.0. The lowest BCUT2D eigenvalue weighted by Crippen LogP contribution is -2.53. The maximum atomic E-state index is 13.5. The van der Waals surface area contributed by atoms with Gasteiger partial charge in [-0.05, 0) is 60.9 Å². The summed E-state index contributed by atoms with van der Waals surface area (Å²) < 4.78 is 11.3. The molecule has 216 valence electrons. The quantitative estimate of drug-likeness (QED) is 0.298. The predicted molar refractivity (Wildman–Crippen MR) is 159 cm³/mol. The third-order valence-electron chi connectivity index (χ3n) is 6.95. The van der Waals surface area contributed by atoms with E-state index in [4.69, 9.17) is 9.47 Å². The molecule has 4 rings (SSSR count). The van der Waals surface area contributed by atoms with E-state index in [0.29, 0.717) is 6.42 Å². The van der Waals surface area contributed by atoms with E-state index in [2.05, 4.69) is 34.9 Å². The fourth-order valence-corrected chi connectivity index (χ4v) is 5.17. The van der Waals surface area contributed by atoms with Gasteiger partial charge in [0.05, 0.1) is 0 Å². The Labute approximate surface area is 242 Å². The number of hydrogen-bond acceptors (Lipinski definition) is 5. The summed E-state index contributed by atoms with van der Waals surface area (Å²) in [6.07, 6.45) is -0.0518. The molecule has 0 heterocycles. The van der Waals surface area contributed by atoms with Crippen molar-refractivity contribution in [2.24, 2.45) is 5.92 Å². The molecule has 0 spiro atoms. The molecule has 2 N–H and O–H groups in total. The van der Waals surface area contributed by atoms with Crippen LogP contribution in [0.1, 0.15) is 63.6 Å². The van der Waals surface area contributed by atoms with E-state index in [0.717, 1.165) is 27.8 Å². The molecule has 1 aliphatic carbocycles. The Morgan fingerprint density at radius 3 is 1.90 bits per heavy atom. The summed E-state index contributed by atoms with van der Waals surface area (Å²) in [5.74, 6) is -0.939. The first kappa shape index (κ1) is 29.8. The van der Waals surface area contributed by atoms with Gasteiger partial charge < -0.3 is 20.1 Å². The lowest BCUT2D eigenvalue weighted by Gasteiger charge is -2.27. The van der Waals surface area contributed by atoms with Gasteiger partial charge in [0.25, 0.3) is 0 Å². The molecule has 7 heteroatoms. The van der Waals surface area contributed by atoms with Crippen LogP contribution in [0.25, 0.3) is 11.1 Å². The topological polar surface area (TPSA) is 93.7 Å². The molecule has 0 bridgehead atoms. The largest absolute Gasteiger partial charge is 0.458 e. The Balaban J connectivity index is 1.48. The summed E-state index contributed by atoms with van der Waals surface area (Å²) in [4.78, 5) is 39.6. The Bertz CT molecular complexity index is 1320. The van der Waals surface area contributed by atoms with Gasteiger partial charge in [-0.25, -0.2) is 9.59 Å². The summed E-state index contributed by atoms with van der Waals surface area (Å²) in [5, 5.41) is 5.59. The average Bonchev–Trinajstić information content (AvgIpc) is 3.24. The molecule has 41 heavy (non-hydrogen) atoms. The minimum atomic E-state index is -0.954. The number of nitrogens with one attached hydrogen (secondary N) is 2. The van der Waals surface area contributed by atoms with Crippen LogP contribution in [0.5, 0.6) is 0 Å². The number of carbonyl (C=O) groups excluding carboxylic acids is 3. The molecule has 0 unspecified atom stereocenters. The van der Waals surface area contributed by atoms with Gasteiger partial charge in [-0.15, -0.1) is 0 Å². The fourth-order valence-electron chi connectivity index (χ4n) is 5.17. The zero-order valence-electron chi connectivity index (χ0n) is 24.5. The summed E-state index contributed by atoms with van der Waals surface area (Å²) >= 11 is 0. The van der Waals surface area contributed by atoms with Gasteiger partial charge in [0, 0.05) is 12.3 Å². The number of alkyl carbamates (subject to hydrolysis) is 1. The van der Waals surface area contributed by atoms with E-state index in [-0.39, 0.29) is 24.9 Å². The summed E-state index contributed by atoms with van der Waals surface area (Å²) in [6, 6.07) is 23.8. The predicted octanol–water partition coefficient (Wildman–Crippen LogP) is 6.01. The molecular weight excluding hydrogens is 516 g/mol. The highest BCUT2D eigenvalue weighted by Crippen LogP contribution is 2.44. The molecule has 1 aliphatic rings. The number of hydrogen-bond donors (Lipinski definition) is 2. The van der Waals surface area contributed by atoms with Crippen LogP contribution in [0.3, 0.4) is 0 Å². The van der Waals surface area contributed by atoms with E-state index < -0.39 is 35.7 Å². The molecule has 0 aromatic heterocycles. The first-order chi connectivity index (χ1) is 19.5. The van der Waals surface area contributed by atoms with Crippen molar-refractivity contribution in [3.8, 4) is 11.1 Å². The van der Waals surface area contributed by atoms with Gasteiger partial charge in [0.2, 0.25) is 5.91 Å². The highest BCUT2D eigenvalue weighted by molar-refractivity contribution is 5.90. The smallest absolute Gasteiger partial charge is 0.407 e. The number of rotatable bonds is 10. The summed E-state index contributed by atoms with van der Waals surface area (Å²) in [5.41, 5.74) is 4.65. The number of amides is 2. The van der Waals surface area contributed by atoms with Crippen molar-refractivity contribution in [3.05, 3.63) is 95.6 Å². The molecule has 0 saturated heterocycles. The molecule has 3 aromatic rings. The SMILES string of the molecule is CC(C)C[C@@H](NC(=O)[C@@H](Cc1ccccc1)NC(=O)OCC1c2ccccc2-c2ccccc21)C(=O)OC(C)(C)C. The zero-order chi connectivity index (χ0) is 29.6. The Morgan fingerprint density at radius 2 is 1.34 bits per heavy atom. The first-order valence-electron chi connectivity index (χ1n) is 14.2. The van der Waals surface area contributed by atoms with Crippen molar-refractivity contribution in [2.45, 2.75) is 71.1 Å². The van der Waals surface area contributed by atoms with Crippen molar-refractivity contribution in [3.63, 3.8) is 0 Å². The van der Waals surface area contributed by atoms with E-state index in [9.17, 15) is 14.4 Å². The second-order valence-electron chi connectivity index (χ2n) is 11.9. The molecular formula is C34H40N2O5. The van der Waals surface area contributed by atoms with Crippen molar-refractivity contribution < 1.29 is 23.9 Å². The van der Waals surface area contributed by atoms with Crippen LogP contribution in [-0.4, -0.2) is 42.3 Å². The highest BCUT2D eigenvalue weighted by Gasteiger charge is 2.32. The minimum Gasteiger partial charge on any atom is -0.458 e. The zero-order valence-corrected chi connectivity index (χ0v) is 24.5. The van der Waals surface area contributed by atoms with Crippen molar-refractivity contribution in [2.75, 3.05) is 6.61 Å². The molecule has 0 radical (unpaired) electrons. The number of benzene rings is 3. The number of esters is 1. The van der Waals surface area contributed by atoms with Gasteiger partial charge in [-0.1, -0.05) is 92.7 Å². The minimum absolute atomic E-state index is 0.0999. The summed E-state index contributed by atoms with van der Waals surface area (Å²) in [6.45, 7) is 9.44. The van der Waals surface area contributed by atoms with Gasteiger partial charge in [-0.3, -0.25) is 4.79 Å². The fraction of sp³-hybridized carbons (Fsp3) is 0.382. The van der Waals surface area contributed by atoms with Crippen LogP contribution < -0.4 is 10.6 Å². The van der Waals surface area contributed by atoms with Crippen molar-refractivity contribution in [1.29, 1.82) is 0 Å². The van der Waals surface area contributed by atoms with Crippen molar-refractivity contribution in [1.82, 2.24) is 10.6 Å². The van der Waals surface area contributed by atoms with Crippen molar-refractivity contribution >= 4 is 18.0 Å². The highest BCUT2D eigenvalue weighted by atomic mass is 16.6. The monoisotopic (exact) mass is 556 g/mol. The van der Waals surface area contributed by atoms with Crippen LogP contribution >= 0.6 is 0 Å². The molecule has 0 aliphatic heterocycles. The average molecular weight is 557 g/mol. The Morgan fingerprint density at radius 1 is 0.780 bits per heavy atom. The first-order valence-corrected chi connectivity index (χ1v) is 14.2. The molecule has 3 aromatic carbocycles. The van der Waals surface area contributed by atoms with E-state index in [1.54, 1.807) is 20.8 Å². The van der Waals surface area contributed by atoms with Gasteiger partial charge in [0.1, 0.15) is 24.3 Å². The van der Waals surface area contributed by atoms with Gasteiger partial charge in [-0.2, -0.15) is 0 Å². The van der Waals surface area contributed by atoms with Crippen LogP contribution in [0.15, 0.2) is 78.9 Å². The third-order valence-corrected chi connectivity index (χ3v) is 6.95. The number of fused-ring (bicyclic) bond motifs is 3. The normalized spacial score (nSPS) is 14.0. The Kier molecular flexibility index (Phi) is 9.48. The van der Waals surface area contributed by atoms with E-state index in [1.165, 1.54) is 0 Å². The maximum absolute atomic E-state index is 13.5. The van der Waals surface area contributed by atoms with E-state index >= 15 is 0 Å². The molecule has 7 nitrogen and oxygen atoms in total. The van der Waals surface area contributed by atoms with E-state index in [1.807, 2.05) is 68.4 Å². The van der Waals surface area contributed by atoms with Gasteiger partial charge in [0.15, 0.2) is 0 Å². The number of ether oxygens (including phenoxy) is 2. The van der Waals surface area contributed by atoms with Gasteiger partial charge >= 0.3 is 12.1 Å². The molecule has 2 amide bonds. The molecule has 0 saturated carbocycles. The molecule has 0 fully saturated rings. The standard InChI is InChI=1S/C34H40N2O5/c1-22(2)19-30(32(38)41-34(3,4)5)35-31(37)29(20-23-13-7-6-8-14-23)36-33(39)40-21-28-26-17-11-9-15-24(26)25-16-10-12-18-27(25)28/h6-18,22,28-30H,19-21H2,1-5H3,(H,35,37)(H,36,39)/t29-,30-/m1/s1. The molecule has 2 atom stereocenters. The lowest BCUT2D eigenvalue weighted by atomic mass is 9.98. The van der Waals surface area contributed by atoms with Crippen LogP contribution in [0.4, 0.5) is 4.79 Å². The summed E-state index contributed by atoms with van der Waals surface area (Å²) in [7, 11) is 0.